The maximum atomic E-state index is 10.7. The number of carbonyl (C=O) groups is 1. The quantitative estimate of drug-likeness (QED) is 0.671. The van der Waals surface area contributed by atoms with Crippen molar-refractivity contribution in [3.8, 4) is 0 Å². The van der Waals surface area contributed by atoms with Gasteiger partial charge in [-0.05, 0) is 28.9 Å². The van der Waals surface area contributed by atoms with Gasteiger partial charge in [-0.2, -0.15) is 0 Å². The fourth-order valence-corrected chi connectivity index (χ4v) is 0.927. The molecule has 4 heteroatoms. The lowest BCUT2D eigenvalue weighted by Crippen LogP contribution is -2.02. The third-order valence-electron chi connectivity index (χ3n) is 1.18. The Bertz CT molecular complexity index is 340. The van der Waals surface area contributed by atoms with E-state index in [1.54, 1.807) is 0 Å². The van der Waals surface area contributed by atoms with Gasteiger partial charge < -0.3 is 4.42 Å². The molecule has 0 aliphatic rings. The Hall–Kier alpha value is -0.900. The maximum Gasteiger partial charge on any atom is 0.350 e. The van der Waals surface area contributed by atoms with Crippen molar-refractivity contribution >= 4 is 21.7 Å². The van der Waals surface area contributed by atoms with Gasteiger partial charge in [0.25, 0.3) is 0 Å². The highest BCUT2D eigenvalue weighted by Crippen LogP contribution is 2.06. The number of halogens is 1. The summed E-state index contributed by atoms with van der Waals surface area (Å²) in [6.07, 6.45) is 1.15. The third-order valence-corrected chi connectivity index (χ3v) is 1.73. The predicted molar refractivity (Wildman–Crippen MR) is 42.7 cm³/mol. The van der Waals surface area contributed by atoms with E-state index in [4.69, 9.17) is 0 Å². The zero-order chi connectivity index (χ0) is 8.43. The van der Waals surface area contributed by atoms with Gasteiger partial charge in [0.15, 0.2) is 5.78 Å². The van der Waals surface area contributed by atoms with Crippen LogP contribution in [0.25, 0.3) is 0 Å². The van der Waals surface area contributed by atoms with Crippen LogP contribution in [0.4, 0.5) is 0 Å². The van der Waals surface area contributed by atoms with Crippen LogP contribution in [0.3, 0.4) is 0 Å². The van der Waals surface area contributed by atoms with E-state index in [1.165, 1.54) is 13.0 Å². The number of hydrogen-bond donors (Lipinski definition) is 0. The lowest BCUT2D eigenvalue weighted by Gasteiger charge is -1.92. The van der Waals surface area contributed by atoms with E-state index >= 15 is 0 Å². The Balaban J connectivity index is 3.26. The molecule has 0 atom stereocenters. The highest BCUT2D eigenvalue weighted by atomic mass is 79.9. The summed E-state index contributed by atoms with van der Waals surface area (Å²) in [5.74, 6) is -0.130. The minimum Gasteiger partial charge on any atom is -0.430 e. The zero-order valence-electron chi connectivity index (χ0n) is 5.76. The maximum absolute atomic E-state index is 10.7. The van der Waals surface area contributed by atoms with Gasteiger partial charge in [-0.1, -0.05) is 0 Å². The van der Waals surface area contributed by atoms with Crippen molar-refractivity contribution in [2.45, 2.75) is 6.92 Å². The van der Waals surface area contributed by atoms with E-state index in [0.29, 0.717) is 5.56 Å². The molecular formula is C7H5BrO3. The summed E-state index contributed by atoms with van der Waals surface area (Å²) in [7, 11) is 0. The van der Waals surface area contributed by atoms with E-state index in [9.17, 15) is 9.59 Å². The number of ketones is 1. The minimum atomic E-state index is -0.477. The molecule has 0 saturated heterocycles. The van der Waals surface area contributed by atoms with Crippen LogP contribution in [-0.2, 0) is 0 Å². The molecular weight excluding hydrogens is 212 g/mol. The molecule has 1 heterocycles. The predicted octanol–water partition coefficient (Wildman–Crippen LogP) is 1.60. The molecule has 3 nitrogen and oxygen atoms in total. The van der Waals surface area contributed by atoms with Gasteiger partial charge >= 0.3 is 5.63 Å². The topological polar surface area (TPSA) is 47.3 Å². The summed E-state index contributed by atoms with van der Waals surface area (Å²) >= 11 is 2.96. The summed E-state index contributed by atoms with van der Waals surface area (Å²) in [6.45, 7) is 1.40. The van der Waals surface area contributed by atoms with Crippen LogP contribution in [-0.4, -0.2) is 5.78 Å². The smallest absolute Gasteiger partial charge is 0.350 e. The normalized spacial score (nSPS) is 9.64. The summed E-state index contributed by atoms with van der Waals surface area (Å²) in [5, 5.41) is 0. The van der Waals surface area contributed by atoms with E-state index < -0.39 is 5.63 Å². The Morgan fingerprint density at radius 3 is 2.73 bits per heavy atom. The molecule has 0 fully saturated rings. The average molecular weight is 217 g/mol. The highest BCUT2D eigenvalue weighted by molar-refractivity contribution is 9.10. The summed E-state index contributed by atoms with van der Waals surface area (Å²) in [6, 6.07) is 1.44. The van der Waals surface area contributed by atoms with Gasteiger partial charge in [-0.25, -0.2) is 4.79 Å². The molecule has 0 bridgehead atoms. The molecule has 0 aliphatic carbocycles. The van der Waals surface area contributed by atoms with Crippen molar-refractivity contribution in [3.05, 3.63) is 32.8 Å². The molecule has 0 N–H and O–H groups in total. The largest absolute Gasteiger partial charge is 0.430 e. The van der Waals surface area contributed by atoms with Crippen molar-refractivity contribution in [3.63, 3.8) is 0 Å². The van der Waals surface area contributed by atoms with Crippen LogP contribution >= 0.6 is 15.9 Å². The highest BCUT2D eigenvalue weighted by Gasteiger charge is 2.03. The molecule has 11 heavy (non-hydrogen) atoms. The van der Waals surface area contributed by atoms with Crippen molar-refractivity contribution in [1.82, 2.24) is 0 Å². The molecule has 0 aromatic carbocycles. The SMILES string of the molecule is CC(=O)c1coc(=O)c(Br)c1. The second kappa shape index (κ2) is 3.00. The summed E-state index contributed by atoms with van der Waals surface area (Å²) < 4.78 is 4.80. The van der Waals surface area contributed by atoms with Crippen LogP contribution in [0.5, 0.6) is 0 Å². The average Bonchev–Trinajstić information content (AvgIpc) is 1.94. The van der Waals surface area contributed by atoms with E-state index in [2.05, 4.69) is 20.3 Å². The van der Waals surface area contributed by atoms with Crippen molar-refractivity contribution < 1.29 is 9.21 Å². The molecule has 1 aromatic heterocycles. The molecule has 0 amide bonds. The molecule has 0 unspecified atom stereocenters. The number of hydrogen-bond acceptors (Lipinski definition) is 3. The molecule has 1 rings (SSSR count). The Morgan fingerprint density at radius 1 is 1.64 bits per heavy atom. The van der Waals surface area contributed by atoms with Crippen molar-refractivity contribution in [2.24, 2.45) is 0 Å². The van der Waals surface area contributed by atoms with Crippen LogP contribution in [0.1, 0.15) is 17.3 Å². The van der Waals surface area contributed by atoms with Gasteiger partial charge in [-0.3, -0.25) is 4.79 Å². The molecule has 0 spiro atoms. The van der Waals surface area contributed by atoms with Gasteiger partial charge in [0, 0.05) is 0 Å². The molecule has 1 aromatic rings. The van der Waals surface area contributed by atoms with Crippen LogP contribution < -0.4 is 5.63 Å². The van der Waals surface area contributed by atoms with Crippen molar-refractivity contribution in [1.29, 1.82) is 0 Å². The molecule has 58 valence electrons. The minimum absolute atomic E-state index is 0.130. The van der Waals surface area contributed by atoms with Gasteiger partial charge in [0.2, 0.25) is 0 Å². The van der Waals surface area contributed by atoms with E-state index in [1.807, 2.05) is 0 Å². The second-order valence-electron chi connectivity index (χ2n) is 2.03. The van der Waals surface area contributed by atoms with Crippen molar-refractivity contribution in [2.75, 3.05) is 0 Å². The number of rotatable bonds is 1. The van der Waals surface area contributed by atoms with E-state index in [-0.39, 0.29) is 10.3 Å². The number of Topliss-reactive ketones (excluding diaryl/α,β-unsaturated/α-hetero) is 1. The fourth-order valence-electron chi connectivity index (χ4n) is 0.587. The van der Waals surface area contributed by atoms with Crippen LogP contribution in [0, 0.1) is 0 Å². The van der Waals surface area contributed by atoms with E-state index in [0.717, 1.165) is 6.26 Å². The lowest BCUT2D eigenvalue weighted by molar-refractivity contribution is 0.101. The summed E-state index contributed by atoms with van der Waals surface area (Å²) in [5.41, 5.74) is -0.0912. The first-order valence-corrected chi connectivity index (χ1v) is 3.70. The first-order valence-electron chi connectivity index (χ1n) is 2.90. The Labute approximate surface area is 71.2 Å². The first kappa shape index (κ1) is 8.20. The van der Waals surface area contributed by atoms with Gasteiger partial charge in [0.1, 0.15) is 10.7 Å². The standard InChI is InChI=1S/C7H5BrO3/c1-4(9)5-2-6(8)7(10)11-3-5/h2-3H,1H3. The molecule has 0 aliphatic heterocycles. The summed E-state index contributed by atoms with van der Waals surface area (Å²) in [4.78, 5) is 21.4. The first-order chi connectivity index (χ1) is 5.11. The number of carbonyl (C=O) groups excluding carboxylic acids is 1. The molecule has 0 radical (unpaired) electrons. The van der Waals surface area contributed by atoms with Gasteiger partial charge in [0.05, 0.1) is 5.56 Å². The lowest BCUT2D eigenvalue weighted by atomic mass is 10.2. The van der Waals surface area contributed by atoms with Gasteiger partial charge in [-0.15, -0.1) is 0 Å². The second-order valence-corrected chi connectivity index (χ2v) is 2.88. The third kappa shape index (κ3) is 1.77. The van der Waals surface area contributed by atoms with Crippen LogP contribution in [0.2, 0.25) is 0 Å². The monoisotopic (exact) mass is 216 g/mol. The Morgan fingerprint density at radius 2 is 2.27 bits per heavy atom. The molecule has 0 saturated carbocycles. The Kier molecular flexibility index (Phi) is 2.24. The zero-order valence-corrected chi connectivity index (χ0v) is 7.34. The van der Waals surface area contributed by atoms with Crippen LogP contribution in [0.15, 0.2) is 26.0 Å². The fraction of sp³-hybridized carbons (Fsp3) is 0.143.